The summed E-state index contributed by atoms with van der Waals surface area (Å²) in [6.45, 7) is 8.37. The Morgan fingerprint density at radius 2 is 1.86 bits per heavy atom. The molecule has 120 valence electrons. The number of hydrogen-bond donors (Lipinski definition) is 2. The Kier molecular flexibility index (Phi) is 10.5. The van der Waals surface area contributed by atoms with Gasteiger partial charge in [-0.15, -0.1) is 0 Å². The summed E-state index contributed by atoms with van der Waals surface area (Å²) in [5, 5.41) is 13.1. The van der Waals surface area contributed by atoms with Crippen LogP contribution in [0.3, 0.4) is 0 Å². The minimum atomic E-state index is -0.757. The Hall–Kier alpha value is -1.39. The molecule has 2 N–H and O–H groups in total. The first-order valence-corrected chi connectivity index (χ1v) is 7.50. The van der Waals surface area contributed by atoms with Gasteiger partial charge < -0.3 is 15.2 Å². The van der Waals surface area contributed by atoms with Crippen molar-refractivity contribution in [1.82, 2.24) is 5.32 Å². The molecule has 0 radical (unpaired) electrons. The largest absolute Gasteiger partial charge is 0.462 e. The van der Waals surface area contributed by atoms with Crippen molar-refractivity contribution in [3.63, 3.8) is 0 Å². The van der Waals surface area contributed by atoms with Crippen LogP contribution in [0.4, 0.5) is 0 Å². The minimum Gasteiger partial charge on any atom is -0.462 e. The summed E-state index contributed by atoms with van der Waals surface area (Å²) in [4.78, 5) is 10.2. The van der Waals surface area contributed by atoms with Gasteiger partial charge in [0.15, 0.2) is 0 Å². The van der Waals surface area contributed by atoms with Crippen LogP contribution in [0.25, 0.3) is 0 Å². The van der Waals surface area contributed by atoms with E-state index in [-0.39, 0.29) is 0 Å². The maximum Gasteiger partial charge on any atom is 0.293 e. The van der Waals surface area contributed by atoms with Gasteiger partial charge in [-0.25, -0.2) is 0 Å². The van der Waals surface area contributed by atoms with Crippen molar-refractivity contribution in [2.45, 2.75) is 58.8 Å². The molecule has 0 aliphatic carbocycles. The van der Waals surface area contributed by atoms with Gasteiger partial charge in [0.2, 0.25) is 0 Å². The molecule has 2 unspecified atom stereocenters. The second kappa shape index (κ2) is 11.3. The minimum absolute atomic E-state index is 0.371. The lowest BCUT2D eigenvalue weighted by Crippen LogP contribution is -2.19. The molecule has 0 saturated carbocycles. The van der Waals surface area contributed by atoms with E-state index in [0.717, 1.165) is 24.0 Å². The van der Waals surface area contributed by atoms with E-state index in [1.807, 2.05) is 31.3 Å². The fraction of sp³-hybridized carbons (Fsp3) is 0.588. The summed E-state index contributed by atoms with van der Waals surface area (Å²) < 4.78 is 4.76. The molecule has 0 aliphatic heterocycles. The maximum absolute atomic E-state index is 10.2. The Balaban J connectivity index is 0.000000690. The van der Waals surface area contributed by atoms with Crippen LogP contribution in [0.5, 0.6) is 0 Å². The van der Waals surface area contributed by atoms with Crippen molar-refractivity contribution in [2.24, 2.45) is 0 Å². The molecule has 0 saturated heterocycles. The van der Waals surface area contributed by atoms with E-state index in [2.05, 4.69) is 26.1 Å². The number of aliphatic hydroxyl groups excluding tert-OH is 1. The van der Waals surface area contributed by atoms with Gasteiger partial charge in [0.05, 0.1) is 0 Å². The number of ether oxygens (including phenoxy) is 1. The Morgan fingerprint density at radius 3 is 2.33 bits per heavy atom. The van der Waals surface area contributed by atoms with Gasteiger partial charge in [0.25, 0.3) is 6.47 Å². The van der Waals surface area contributed by atoms with Gasteiger partial charge in [0.1, 0.15) is 12.2 Å². The van der Waals surface area contributed by atoms with Crippen LogP contribution in [0.1, 0.15) is 51.3 Å². The normalized spacial score (nSPS) is 13.1. The number of aryl methyl sites for hydroxylation is 1. The van der Waals surface area contributed by atoms with Gasteiger partial charge in [-0.3, -0.25) is 4.79 Å². The SMILES string of the molecule is CCCc1ccccc1C(O)C(C)OC=O.CNC(C)C. The van der Waals surface area contributed by atoms with E-state index in [1.165, 1.54) is 0 Å². The van der Waals surface area contributed by atoms with Gasteiger partial charge in [-0.05, 0) is 31.5 Å². The summed E-state index contributed by atoms with van der Waals surface area (Å²) in [5.41, 5.74) is 1.96. The Bertz CT molecular complexity index is 393. The molecule has 0 aliphatic rings. The van der Waals surface area contributed by atoms with Crippen molar-refractivity contribution in [3.05, 3.63) is 35.4 Å². The molecule has 1 aromatic carbocycles. The molecule has 0 heterocycles. The van der Waals surface area contributed by atoms with Crippen LogP contribution in [0, 0.1) is 0 Å². The second-order valence-electron chi connectivity index (χ2n) is 5.27. The van der Waals surface area contributed by atoms with E-state index < -0.39 is 12.2 Å². The molecule has 1 aromatic rings. The summed E-state index contributed by atoms with van der Waals surface area (Å²) in [5.74, 6) is 0. The standard InChI is InChI=1S/C13H18O3.C4H11N/c1-3-6-11-7-4-5-8-12(11)13(15)10(2)16-9-14;1-4(2)5-3/h4-5,7-10,13,15H,3,6H2,1-2H3;4-5H,1-3H3. The molecule has 2 atom stereocenters. The number of aliphatic hydroxyl groups is 1. The molecule has 4 nitrogen and oxygen atoms in total. The molecule has 0 bridgehead atoms. The number of benzene rings is 1. The first-order valence-electron chi connectivity index (χ1n) is 7.50. The first-order chi connectivity index (χ1) is 9.97. The van der Waals surface area contributed by atoms with Crippen molar-refractivity contribution in [3.8, 4) is 0 Å². The number of carbonyl (C=O) groups is 1. The average Bonchev–Trinajstić information content (AvgIpc) is 2.48. The van der Waals surface area contributed by atoms with Crippen LogP contribution in [0.15, 0.2) is 24.3 Å². The zero-order valence-corrected chi connectivity index (χ0v) is 13.8. The van der Waals surface area contributed by atoms with E-state index >= 15 is 0 Å². The van der Waals surface area contributed by atoms with Crippen LogP contribution in [-0.2, 0) is 16.0 Å². The lowest BCUT2D eigenvalue weighted by Gasteiger charge is -2.20. The van der Waals surface area contributed by atoms with E-state index in [1.54, 1.807) is 6.92 Å². The number of rotatable bonds is 7. The third kappa shape index (κ3) is 7.83. The average molecular weight is 295 g/mol. The lowest BCUT2D eigenvalue weighted by molar-refractivity contribution is -0.138. The summed E-state index contributed by atoms with van der Waals surface area (Å²) in [6, 6.07) is 8.34. The monoisotopic (exact) mass is 295 g/mol. The number of nitrogens with one attached hydrogen (secondary N) is 1. The van der Waals surface area contributed by atoms with Gasteiger partial charge in [-0.1, -0.05) is 51.5 Å². The van der Waals surface area contributed by atoms with E-state index in [0.29, 0.717) is 12.5 Å². The maximum atomic E-state index is 10.2. The first kappa shape index (κ1) is 19.6. The summed E-state index contributed by atoms with van der Waals surface area (Å²) in [7, 11) is 1.95. The van der Waals surface area contributed by atoms with E-state index in [9.17, 15) is 9.90 Å². The highest BCUT2D eigenvalue weighted by atomic mass is 16.5. The Morgan fingerprint density at radius 1 is 1.29 bits per heavy atom. The zero-order valence-electron chi connectivity index (χ0n) is 13.8. The zero-order chi connectivity index (χ0) is 16.3. The third-order valence-corrected chi connectivity index (χ3v) is 3.19. The van der Waals surface area contributed by atoms with Gasteiger partial charge in [0, 0.05) is 6.04 Å². The highest BCUT2D eigenvalue weighted by Crippen LogP contribution is 2.23. The van der Waals surface area contributed by atoms with Gasteiger partial charge >= 0.3 is 0 Å². The van der Waals surface area contributed by atoms with Crippen molar-refractivity contribution >= 4 is 6.47 Å². The number of carbonyl (C=O) groups excluding carboxylic acids is 1. The highest BCUT2D eigenvalue weighted by Gasteiger charge is 2.19. The molecule has 21 heavy (non-hydrogen) atoms. The molecule has 0 fully saturated rings. The highest BCUT2D eigenvalue weighted by molar-refractivity contribution is 5.38. The Labute approximate surface area is 128 Å². The topological polar surface area (TPSA) is 58.6 Å². The van der Waals surface area contributed by atoms with Crippen molar-refractivity contribution in [2.75, 3.05) is 7.05 Å². The molecule has 0 amide bonds. The van der Waals surface area contributed by atoms with Crippen LogP contribution < -0.4 is 5.32 Å². The molecule has 1 rings (SSSR count). The lowest BCUT2D eigenvalue weighted by atomic mass is 9.96. The predicted octanol–water partition coefficient (Wildman–Crippen LogP) is 2.85. The van der Waals surface area contributed by atoms with Crippen LogP contribution >= 0.6 is 0 Å². The van der Waals surface area contributed by atoms with Crippen LogP contribution in [-0.4, -0.2) is 30.8 Å². The van der Waals surface area contributed by atoms with Crippen LogP contribution in [0.2, 0.25) is 0 Å². The molecule has 0 aromatic heterocycles. The van der Waals surface area contributed by atoms with Crippen molar-refractivity contribution < 1.29 is 14.6 Å². The molecule has 4 heteroatoms. The molecular formula is C17H29NO3. The fourth-order valence-corrected chi connectivity index (χ4v) is 1.73. The second-order valence-corrected chi connectivity index (χ2v) is 5.27. The third-order valence-electron chi connectivity index (χ3n) is 3.19. The summed E-state index contributed by atoms with van der Waals surface area (Å²) >= 11 is 0. The van der Waals surface area contributed by atoms with E-state index in [4.69, 9.17) is 4.74 Å². The quantitative estimate of drug-likeness (QED) is 0.759. The van der Waals surface area contributed by atoms with Gasteiger partial charge in [-0.2, -0.15) is 0 Å². The molecule has 0 spiro atoms. The summed E-state index contributed by atoms with van der Waals surface area (Å²) in [6.07, 6.45) is 0.664. The number of hydrogen-bond acceptors (Lipinski definition) is 4. The molecular weight excluding hydrogens is 266 g/mol. The fourth-order valence-electron chi connectivity index (χ4n) is 1.73. The predicted molar refractivity (Wildman–Crippen MR) is 86.2 cm³/mol. The van der Waals surface area contributed by atoms with Crippen molar-refractivity contribution in [1.29, 1.82) is 0 Å². The smallest absolute Gasteiger partial charge is 0.293 e.